The maximum absolute atomic E-state index is 8.05. The van der Waals surface area contributed by atoms with Crippen LogP contribution in [0.5, 0.6) is 0 Å². The number of rotatable bonds is 23. The van der Waals surface area contributed by atoms with E-state index in [1.165, 1.54) is 129 Å². The fourth-order valence-corrected chi connectivity index (χ4v) is 18.9. The number of aromatic nitrogens is 10. The second-order valence-electron chi connectivity index (χ2n) is 38.7. The molecule has 0 aliphatic heterocycles. The van der Waals surface area contributed by atoms with E-state index in [0.717, 1.165) is 40.9 Å². The Bertz CT molecular complexity index is 6020. The number of para-hydroxylation sites is 5. The average molecular weight is 1690 g/mol. The van der Waals surface area contributed by atoms with Crippen LogP contribution in [-0.2, 0) is 12.8 Å². The van der Waals surface area contributed by atoms with Gasteiger partial charge in [0, 0.05) is 68.3 Å². The molecule has 0 fully saturated rings. The fourth-order valence-electron chi connectivity index (χ4n) is 18.9. The molecular weight excluding hydrogens is 1530 g/mol. The molecule has 0 atom stereocenters. The van der Waals surface area contributed by atoms with Crippen molar-refractivity contribution in [1.29, 1.82) is 0 Å². The van der Waals surface area contributed by atoms with Crippen molar-refractivity contribution in [2.24, 2.45) is 11.8 Å². The van der Waals surface area contributed by atoms with E-state index >= 15 is 0 Å². The van der Waals surface area contributed by atoms with Gasteiger partial charge in [-0.05, 0) is 241 Å². The smallest absolute Gasteiger partial charge is 0.150 e. The Labute approximate surface area is 765 Å². The van der Waals surface area contributed by atoms with Crippen molar-refractivity contribution in [3.63, 3.8) is 0 Å². The van der Waals surface area contributed by atoms with Crippen molar-refractivity contribution >= 4 is 0 Å². The van der Waals surface area contributed by atoms with Crippen molar-refractivity contribution in [3.8, 4) is 72.9 Å². The summed E-state index contributed by atoms with van der Waals surface area (Å²) in [5.74, 6) is 3.62. The molecule has 0 radical (unpaired) electrons. The first-order chi connectivity index (χ1) is 61.0. The first-order valence-electron chi connectivity index (χ1n) is 48.4. The van der Waals surface area contributed by atoms with Crippen LogP contribution >= 0.6 is 0 Å². The molecule has 0 bridgehead atoms. The van der Waals surface area contributed by atoms with Crippen LogP contribution in [0.3, 0.4) is 0 Å². The maximum atomic E-state index is 8.05. The summed E-state index contributed by atoms with van der Waals surface area (Å²) in [6.45, 7) is 69.4. The number of benzene rings is 9. The molecule has 0 aliphatic carbocycles. The van der Waals surface area contributed by atoms with Gasteiger partial charge in [-0.3, -0.25) is 0 Å². The standard InChI is InChI=1S/C30H43N2.2C24H31N2.C22H27N2.C16H23N2/c1-20(2)17-25-13-12-14-26(18-21(3)4)30(25)28-19-31(32(23(7)8)24(28)9)29-16-11-10-15-27(29)22(5)6;2*1-16(2)21-13-8-9-14-23(21)25-15-22(20(7)26(25)17(3)4)24-18(5)11-10-12-19(24)6;1-16(2)20-13-9-10-14-22(20)23-15-21(18(5)24(23)17(3)4)19-11-7-6-8-12-19;1-12(2)15-8-6-7-9-16(15)17-11-10-14(5)18(17)13(3)4/h10-16,19-23H,17-18H2,1-9H3;2*8-17H,1-7H3;6-17H,1-5H3;6-13H,1-5H3/q5*+1/i;5D3;;;. The molecule has 5 aromatic heterocycles. The van der Waals surface area contributed by atoms with E-state index in [-0.39, 0.29) is 6.04 Å². The molecule has 5 heterocycles. The summed E-state index contributed by atoms with van der Waals surface area (Å²) >= 11 is 0. The molecule has 10 nitrogen and oxygen atoms in total. The van der Waals surface area contributed by atoms with E-state index in [4.69, 9.17) is 4.11 Å². The van der Waals surface area contributed by atoms with Crippen LogP contribution in [0.25, 0.3) is 72.9 Å². The lowest BCUT2D eigenvalue weighted by atomic mass is 9.87. The average Bonchev–Trinajstić information content (AvgIpc) is 1.63. The number of hydrogen-bond acceptors (Lipinski definition) is 0. The Morgan fingerprint density at radius 3 is 0.794 bits per heavy atom. The highest BCUT2D eigenvalue weighted by molar-refractivity contribution is 5.74. The normalized spacial score (nSPS) is 12.1. The molecule has 0 N–H and O–H groups in total. The van der Waals surface area contributed by atoms with E-state index in [0.29, 0.717) is 71.2 Å². The first kappa shape index (κ1) is 92.7. The Kier molecular flexibility index (Phi) is 31.6. The summed E-state index contributed by atoms with van der Waals surface area (Å²) in [7, 11) is 0. The second-order valence-corrected chi connectivity index (χ2v) is 38.7. The molecule has 14 aromatic rings. The van der Waals surface area contributed by atoms with Gasteiger partial charge in [0.1, 0.15) is 0 Å². The fraction of sp³-hybridized carbons (Fsp3) is 0.405. The summed E-state index contributed by atoms with van der Waals surface area (Å²) in [4.78, 5) is 0. The molecule has 0 spiro atoms. The van der Waals surface area contributed by atoms with E-state index in [1.807, 2.05) is 19.1 Å². The van der Waals surface area contributed by atoms with Gasteiger partial charge in [0.2, 0.25) is 59.4 Å². The van der Waals surface area contributed by atoms with Gasteiger partial charge in [-0.2, -0.15) is 0 Å². The van der Waals surface area contributed by atoms with Gasteiger partial charge in [-0.15, -0.1) is 23.4 Å². The van der Waals surface area contributed by atoms with Gasteiger partial charge >= 0.3 is 0 Å². The maximum Gasteiger partial charge on any atom is 0.239 e. The van der Waals surface area contributed by atoms with Gasteiger partial charge in [-0.25, -0.2) is 0 Å². The minimum Gasteiger partial charge on any atom is -0.150 e. The van der Waals surface area contributed by atoms with E-state index in [2.05, 4.69) is 487 Å². The molecule has 0 saturated carbocycles. The molecule has 126 heavy (non-hydrogen) atoms. The van der Waals surface area contributed by atoms with Gasteiger partial charge in [0.15, 0.2) is 0 Å². The van der Waals surface area contributed by atoms with Crippen LogP contribution < -0.4 is 23.4 Å². The lowest BCUT2D eigenvalue weighted by Gasteiger charge is -2.17. The molecule has 0 amide bonds. The predicted molar refractivity (Wildman–Crippen MR) is 534 cm³/mol. The topological polar surface area (TPSA) is 44.0 Å². The zero-order valence-electron chi connectivity index (χ0n) is 85.9. The number of nitrogens with zero attached hydrogens (tertiary/aromatic N) is 10. The third kappa shape index (κ3) is 21.8. The lowest BCUT2D eigenvalue weighted by Crippen LogP contribution is -2.42. The van der Waals surface area contributed by atoms with Crippen molar-refractivity contribution in [2.45, 2.75) is 301 Å². The first-order valence-corrected chi connectivity index (χ1v) is 46.9. The van der Waals surface area contributed by atoms with Gasteiger partial charge in [-0.1, -0.05) is 296 Å². The van der Waals surface area contributed by atoms with Gasteiger partial charge in [0.25, 0.3) is 0 Å². The van der Waals surface area contributed by atoms with Crippen molar-refractivity contribution < 1.29 is 27.5 Å². The Balaban J connectivity index is 0.000000170. The summed E-state index contributed by atoms with van der Waals surface area (Å²) < 4.78 is 47.6. The Morgan fingerprint density at radius 1 is 0.246 bits per heavy atom. The van der Waals surface area contributed by atoms with Crippen LogP contribution in [0, 0.1) is 74.1 Å². The molecule has 0 saturated heterocycles. The molecule has 14 rings (SSSR count). The zero-order valence-corrected chi connectivity index (χ0v) is 82.9. The number of aryl methyl sites for hydroxylation is 5. The van der Waals surface area contributed by atoms with Crippen LogP contribution in [0.2, 0.25) is 0 Å². The third-order valence-corrected chi connectivity index (χ3v) is 24.5. The minimum absolute atomic E-state index is 0.226. The van der Waals surface area contributed by atoms with E-state index < -0.39 is 6.85 Å². The second kappa shape index (κ2) is 43.0. The van der Waals surface area contributed by atoms with E-state index in [1.54, 1.807) is 6.07 Å². The Hall–Kier alpha value is -11.0. The quantitative estimate of drug-likeness (QED) is 0.0573. The predicted octanol–water partition coefficient (Wildman–Crippen LogP) is 29.2. The van der Waals surface area contributed by atoms with E-state index in [9.17, 15) is 0 Å². The minimum atomic E-state index is -2.16. The van der Waals surface area contributed by atoms with Crippen molar-refractivity contribution in [2.75, 3.05) is 0 Å². The molecule has 10 heteroatoms. The third-order valence-electron chi connectivity index (χ3n) is 24.5. The SMILES string of the molecule is Cc1c(-c2c(CC(C)C)cccc2CC(C)C)c[n+](-c2ccccc2C(C)C)n1C(C)C.Cc1c(-c2ccccc2)c[n+](-c2ccccc2C(C)C)n1C(C)C.Cc1cc[n+](-c2ccccc2C(C)C)n1C(C)C.Cc1cccc(C)c1-c1c[n+](-c2ccccc2C(C)C)n(C(C)C)c1C.[2H]C([2H])([2H])c1cccc(C)c1-c1c[n+](-c2ccccc2C(C)C)n(C(C)C)c1C. The summed E-state index contributed by atoms with van der Waals surface area (Å²) in [6, 6.07) is 77.2. The molecule has 0 unspecified atom stereocenters. The monoisotopic (exact) mass is 1690 g/mol. The highest BCUT2D eigenvalue weighted by Crippen LogP contribution is 2.38. The summed E-state index contributed by atoms with van der Waals surface area (Å²) in [5.41, 5.74) is 36.3. The largest absolute Gasteiger partial charge is 0.239 e. The van der Waals surface area contributed by atoms with Gasteiger partial charge < -0.3 is 0 Å². The highest BCUT2D eigenvalue weighted by atomic mass is 15.4. The van der Waals surface area contributed by atoms with Crippen LogP contribution in [-0.4, -0.2) is 23.4 Å². The zero-order chi connectivity index (χ0) is 94.6. The summed E-state index contributed by atoms with van der Waals surface area (Å²) in [5, 5.41) is 0. The van der Waals surface area contributed by atoms with Crippen molar-refractivity contribution in [1.82, 2.24) is 23.4 Å². The highest BCUT2D eigenvalue weighted by Gasteiger charge is 2.34. The molecule has 0 aliphatic rings. The van der Waals surface area contributed by atoms with Crippen LogP contribution in [0.4, 0.5) is 0 Å². The molecular formula is C116H155N10+5. The lowest BCUT2D eigenvalue weighted by molar-refractivity contribution is -0.688. The Morgan fingerprint density at radius 2 is 0.500 bits per heavy atom. The molecule has 664 valence electrons. The van der Waals surface area contributed by atoms with Crippen LogP contribution in [0.1, 0.15) is 320 Å². The summed E-state index contributed by atoms with van der Waals surface area (Å²) in [6.07, 6.45) is 13.5. The van der Waals surface area contributed by atoms with Crippen molar-refractivity contribution in [3.05, 3.63) is 333 Å². The number of hydrogen-bond donors (Lipinski definition) is 0. The molecule has 9 aromatic carbocycles. The van der Waals surface area contributed by atoms with Crippen LogP contribution in [0.15, 0.2) is 243 Å². The van der Waals surface area contributed by atoms with Gasteiger partial charge in [0.05, 0.1) is 80.9 Å².